The van der Waals surface area contributed by atoms with E-state index in [1.54, 1.807) is 0 Å². The van der Waals surface area contributed by atoms with Crippen molar-refractivity contribution in [2.75, 3.05) is 26.7 Å². The zero-order valence-corrected chi connectivity index (χ0v) is 13.0. The molecule has 0 amide bonds. The Labute approximate surface area is 123 Å². The molecule has 1 aromatic carbocycles. The van der Waals surface area contributed by atoms with Crippen LogP contribution in [0.5, 0.6) is 0 Å². The highest BCUT2D eigenvalue weighted by molar-refractivity contribution is 5.24. The van der Waals surface area contributed by atoms with Crippen LogP contribution in [-0.2, 0) is 5.54 Å². The zero-order valence-electron chi connectivity index (χ0n) is 13.0. The Bertz CT molecular complexity index is 403. The molecule has 20 heavy (non-hydrogen) atoms. The minimum absolute atomic E-state index is 0.130. The number of likely N-dealkylation sites (tertiary alicyclic amines) is 1. The molecule has 2 N–H and O–H groups in total. The Morgan fingerprint density at radius 3 is 2.50 bits per heavy atom. The fourth-order valence-electron chi connectivity index (χ4n) is 3.45. The van der Waals surface area contributed by atoms with E-state index < -0.39 is 0 Å². The van der Waals surface area contributed by atoms with Gasteiger partial charge >= 0.3 is 0 Å². The molecule has 1 aromatic rings. The predicted octanol–water partition coefficient (Wildman–Crippen LogP) is 2.21. The average molecular weight is 276 g/mol. The molecule has 3 atom stereocenters. The number of nitrogens with zero attached hydrogens (tertiary/aromatic N) is 1. The summed E-state index contributed by atoms with van der Waals surface area (Å²) in [7, 11) is 1.94. The smallest absolute Gasteiger partial charge is 0.0678 e. The van der Waals surface area contributed by atoms with Gasteiger partial charge in [0.2, 0.25) is 0 Å². The maximum Gasteiger partial charge on any atom is 0.0678 e. The Kier molecular flexibility index (Phi) is 5.19. The first-order valence-corrected chi connectivity index (χ1v) is 7.70. The molecule has 3 unspecified atom stereocenters. The van der Waals surface area contributed by atoms with Crippen LogP contribution >= 0.6 is 0 Å². The number of likely N-dealkylation sites (N-methyl/N-ethyl adjacent to an activating group) is 1. The maximum atomic E-state index is 9.94. The van der Waals surface area contributed by atoms with Crippen LogP contribution in [0, 0.1) is 5.92 Å². The van der Waals surface area contributed by atoms with Crippen molar-refractivity contribution in [1.82, 2.24) is 10.2 Å². The van der Waals surface area contributed by atoms with E-state index in [0.717, 1.165) is 18.9 Å². The third kappa shape index (κ3) is 3.22. The minimum atomic E-state index is -0.327. The van der Waals surface area contributed by atoms with E-state index in [9.17, 15) is 5.11 Å². The van der Waals surface area contributed by atoms with Crippen molar-refractivity contribution in [2.45, 2.75) is 38.3 Å². The van der Waals surface area contributed by atoms with Gasteiger partial charge in [0, 0.05) is 19.1 Å². The normalized spacial score (nSPS) is 26.6. The molecule has 0 radical (unpaired) electrons. The molecular formula is C17H28N2O. The van der Waals surface area contributed by atoms with Crippen LogP contribution in [-0.4, -0.2) is 42.8 Å². The molecule has 1 saturated heterocycles. The fourth-order valence-corrected chi connectivity index (χ4v) is 3.45. The van der Waals surface area contributed by atoms with Crippen LogP contribution < -0.4 is 5.32 Å². The molecule has 1 heterocycles. The van der Waals surface area contributed by atoms with Crippen molar-refractivity contribution in [3.63, 3.8) is 0 Å². The Hall–Kier alpha value is -0.900. The molecule has 0 spiro atoms. The molecule has 0 bridgehead atoms. The standard InChI is InChI=1S/C17H28N2O/c1-14-11-15(2)19(12-14)10-9-17(13-20,18-3)16-7-5-4-6-8-16/h4-8,14-15,18,20H,9-13H2,1-3H3. The number of nitrogens with one attached hydrogen (secondary N) is 1. The number of rotatable bonds is 6. The van der Waals surface area contributed by atoms with Crippen LogP contribution in [0.4, 0.5) is 0 Å². The van der Waals surface area contributed by atoms with Gasteiger partial charge in [-0.05, 0) is 38.3 Å². The number of aliphatic hydroxyl groups excluding tert-OH is 1. The topological polar surface area (TPSA) is 35.5 Å². The molecule has 1 aliphatic rings. The van der Waals surface area contributed by atoms with Gasteiger partial charge in [-0.15, -0.1) is 0 Å². The van der Waals surface area contributed by atoms with E-state index in [1.165, 1.54) is 18.5 Å². The summed E-state index contributed by atoms with van der Waals surface area (Å²) < 4.78 is 0. The highest BCUT2D eigenvalue weighted by Crippen LogP contribution is 2.28. The first-order chi connectivity index (χ1) is 9.61. The lowest BCUT2D eigenvalue weighted by Crippen LogP contribution is -2.46. The van der Waals surface area contributed by atoms with Crippen LogP contribution in [0.2, 0.25) is 0 Å². The monoisotopic (exact) mass is 276 g/mol. The largest absolute Gasteiger partial charge is 0.394 e. The van der Waals surface area contributed by atoms with Gasteiger partial charge in [-0.2, -0.15) is 0 Å². The highest BCUT2D eigenvalue weighted by atomic mass is 16.3. The summed E-state index contributed by atoms with van der Waals surface area (Å²) in [4.78, 5) is 2.55. The van der Waals surface area contributed by atoms with Gasteiger partial charge < -0.3 is 15.3 Å². The second-order valence-corrected chi connectivity index (χ2v) is 6.29. The Morgan fingerprint density at radius 2 is 2.00 bits per heavy atom. The fraction of sp³-hybridized carbons (Fsp3) is 0.647. The van der Waals surface area contributed by atoms with Crippen molar-refractivity contribution >= 4 is 0 Å². The lowest BCUT2D eigenvalue weighted by molar-refractivity contribution is 0.136. The molecule has 0 aromatic heterocycles. The van der Waals surface area contributed by atoms with Crippen LogP contribution in [0.15, 0.2) is 30.3 Å². The summed E-state index contributed by atoms with van der Waals surface area (Å²) in [5.41, 5.74) is 0.845. The number of benzene rings is 1. The molecule has 0 aliphatic carbocycles. The van der Waals surface area contributed by atoms with Crippen LogP contribution in [0.25, 0.3) is 0 Å². The van der Waals surface area contributed by atoms with E-state index >= 15 is 0 Å². The summed E-state index contributed by atoms with van der Waals surface area (Å²) in [5, 5.41) is 13.3. The number of hydrogen-bond acceptors (Lipinski definition) is 3. The van der Waals surface area contributed by atoms with Gasteiger partial charge in [-0.3, -0.25) is 0 Å². The molecule has 3 heteroatoms. The SMILES string of the molecule is CNC(CO)(CCN1CC(C)CC1C)c1ccccc1. The summed E-state index contributed by atoms with van der Waals surface area (Å²) in [5.74, 6) is 0.792. The maximum absolute atomic E-state index is 9.94. The molecule has 0 saturated carbocycles. The predicted molar refractivity (Wildman–Crippen MR) is 83.7 cm³/mol. The third-order valence-electron chi connectivity index (χ3n) is 4.81. The van der Waals surface area contributed by atoms with Gasteiger partial charge in [0.1, 0.15) is 0 Å². The van der Waals surface area contributed by atoms with Crippen LogP contribution in [0.1, 0.15) is 32.3 Å². The lowest BCUT2D eigenvalue weighted by Gasteiger charge is -2.35. The Morgan fingerprint density at radius 1 is 1.30 bits per heavy atom. The number of hydrogen-bond donors (Lipinski definition) is 2. The second kappa shape index (κ2) is 6.70. The third-order valence-corrected chi connectivity index (χ3v) is 4.81. The van der Waals surface area contributed by atoms with E-state index in [2.05, 4.69) is 36.2 Å². The van der Waals surface area contributed by atoms with Gasteiger partial charge in [0.25, 0.3) is 0 Å². The average Bonchev–Trinajstić information content (AvgIpc) is 2.80. The second-order valence-electron chi connectivity index (χ2n) is 6.29. The van der Waals surface area contributed by atoms with Gasteiger partial charge in [-0.25, -0.2) is 0 Å². The molecular weight excluding hydrogens is 248 g/mol. The van der Waals surface area contributed by atoms with E-state index in [0.29, 0.717) is 6.04 Å². The Balaban J connectivity index is 2.06. The molecule has 3 nitrogen and oxygen atoms in total. The molecule has 1 fully saturated rings. The summed E-state index contributed by atoms with van der Waals surface area (Å²) in [6.45, 7) is 6.98. The van der Waals surface area contributed by atoms with E-state index in [-0.39, 0.29) is 12.1 Å². The minimum Gasteiger partial charge on any atom is -0.394 e. The molecule has 112 valence electrons. The highest BCUT2D eigenvalue weighted by Gasteiger charge is 2.32. The number of aliphatic hydroxyl groups is 1. The van der Waals surface area contributed by atoms with Crippen molar-refractivity contribution in [3.05, 3.63) is 35.9 Å². The summed E-state index contributed by atoms with van der Waals surface area (Å²) >= 11 is 0. The zero-order chi connectivity index (χ0) is 14.6. The van der Waals surface area contributed by atoms with Crippen LogP contribution in [0.3, 0.4) is 0 Å². The summed E-state index contributed by atoms with van der Waals surface area (Å²) in [6, 6.07) is 11.0. The molecule has 2 rings (SSSR count). The molecule has 1 aliphatic heterocycles. The van der Waals surface area contributed by atoms with E-state index in [4.69, 9.17) is 0 Å². The van der Waals surface area contributed by atoms with Crippen molar-refractivity contribution < 1.29 is 5.11 Å². The van der Waals surface area contributed by atoms with Gasteiger partial charge in [0.05, 0.1) is 12.1 Å². The van der Waals surface area contributed by atoms with E-state index in [1.807, 2.05) is 25.2 Å². The van der Waals surface area contributed by atoms with Gasteiger partial charge in [-0.1, -0.05) is 37.3 Å². The van der Waals surface area contributed by atoms with Crippen molar-refractivity contribution in [2.24, 2.45) is 5.92 Å². The van der Waals surface area contributed by atoms with Crippen molar-refractivity contribution in [3.8, 4) is 0 Å². The first-order valence-electron chi connectivity index (χ1n) is 7.70. The van der Waals surface area contributed by atoms with Crippen molar-refractivity contribution in [1.29, 1.82) is 0 Å². The lowest BCUT2D eigenvalue weighted by atomic mass is 9.87. The first kappa shape index (κ1) is 15.5. The summed E-state index contributed by atoms with van der Waals surface area (Å²) in [6.07, 6.45) is 2.22. The van der Waals surface area contributed by atoms with Gasteiger partial charge in [0.15, 0.2) is 0 Å². The quantitative estimate of drug-likeness (QED) is 0.836.